The predicted octanol–water partition coefficient (Wildman–Crippen LogP) is 3.25. The highest BCUT2D eigenvalue weighted by atomic mass is 32.1. The summed E-state index contributed by atoms with van der Waals surface area (Å²) in [6, 6.07) is 8.10. The number of rotatable bonds is 5. The van der Waals surface area contributed by atoms with Crippen molar-refractivity contribution in [2.24, 2.45) is 0 Å². The van der Waals surface area contributed by atoms with Crippen LogP contribution < -0.4 is 11.1 Å². The Labute approximate surface area is 139 Å². The molecule has 0 aliphatic carbocycles. The first kappa shape index (κ1) is 15.2. The first-order valence-electron chi connectivity index (χ1n) is 7.13. The van der Waals surface area contributed by atoms with Gasteiger partial charge in [0, 0.05) is 30.2 Å². The zero-order valence-electron chi connectivity index (χ0n) is 12.8. The van der Waals surface area contributed by atoms with Crippen molar-refractivity contribution in [3.63, 3.8) is 0 Å². The van der Waals surface area contributed by atoms with Crippen LogP contribution in [-0.2, 0) is 6.54 Å². The molecule has 0 saturated heterocycles. The van der Waals surface area contributed by atoms with Gasteiger partial charge in [-0.15, -0.1) is 11.3 Å². The minimum atomic E-state index is 0.284. The van der Waals surface area contributed by atoms with E-state index in [-0.39, 0.29) is 5.95 Å². The zero-order chi connectivity index (χ0) is 16.2. The zero-order valence-corrected chi connectivity index (χ0v) is 13.6. The van der Waals surface area contributed by atoms with Crippen molar-refractivity contribution in [2.45, 2.75) is 13.5 Å². The van der Waals surface area contributed by atoms with Crippen molar-refractivity contribution in [1.29, 1.82) is 0 Å². The average molecular weight is 323 g/mol. The Morgan fingerprint density at radius 2 is 2.22 bits per heavy atom. The number of aromatic nitrogens is 3. The average Bonchev–Trinajstić information content (AvgIpc) is 3.08. The third-order valence-corrected chi connectivity index (χ3v) is 4.37. The summed E-state index contributed by atoms with van der Waals surface area (Å²) in [5.41, 5.74) is 12.6. The van der Waals surface area contributed by atoms with Crippen LogP contribution in [0.15, 0.2) is 48.7 Å². The highest BCUT2D eigenvalue weighted by molar-refractivity contribution is 7.10. The maximum absolute atomic E-state index is 5.65. The Balaban J connectivity index is 1.73. The Hall–Kier alpha value is -2.73. The second kappa shape index (κ2) is 6.58. The summed E-state index contributed by atoms with van der Waals surface area (Å²) in [6.07, 6.45) is 3.48. The van der Waals surface area contributed by atoms with Gasteiger partial charge in [-0.3, -0.25) is 4.98 Å². The van der Waals surface area contributed by atoms with Gasteiger partial charge in [-0.05, 0) is 30.2 Å². The van der Waals surface area contributed by atoms with Crippen molar-refractivity contribution in [3.05, 3.63) is 64.8 Å². The van der Waals surface area contributed by atoms with Crippen LogP contribution in [0.25, 0.3) is 17.0 Å². The summed E-state index contributed by atoms with van der Waals surface area (Å²) >= 11 is 1.57. The summed E-state index contributed by atoms with van der Waals surface area (Å²) in [7, 11) is 0. The third kappa shape index (κ3) is 3.54. The maximum Gasteiger partial charge on any atom is 0.220 e. The van der Waals surface area contributed by atoms with E-state index in [0.29, 0.717) is 0 Å². The highest BCUT2D eigenvalue weighted by Crippen LogP contribution is 2.21. The summed E-state index contributed by atoms with van der Waals surface area (Å²) in [6.45, 7) is 6.85. The van der Waals surface area contributed by atoms with Crippen LogP contribution in [0.2, 0.25) is 0 Å². The molecule has 6 heteroatoms. The molecule has 0 spiro atoms. The normalized spacial score (nSPS) is 10.5. The van der Waals surface area contributed by atoms with Crippen LogP contribution in [0.1, 0.15) is 16.0 Å². The number of thiazole rings is 1. The Bertz CT molecular complexity index is 827. The number of benzene rings is 1. The van der Waals surface area contributed by atoms with Crippen LogP contribution in [0.5, 0.6) is 0 Å². The van der Waals surface area contributed by atoms with Crippen molar-refractivity contribution < 1.29 is 0 Å². The Morgan fingerprint density at radius 1 is 1.35 bits per heavy atom. The molecule has 2 aromatic heterocycles. The molecule has 0 fully saturated rings. The first-order valence-corrected chi connectivity index (χ1v) is 8.01. The van der Waals surface area contributed by atoms with E-state index in [2.05, 4.69) is 45.9 Å². The van der Waals surface area contributed by atoms with Crippen molar-refractivity contribution in [3.8, 4) is 11.3 Å². The lowest BCUT2D eigenvalue weighted by Gasteiger charge is -2.11. The van der Waals surface area contributed by atoms with Gasteiger partial charge in [-0.2, -0.15) is 0 Å². The van der Waals surface area contributed by atoms with Crippen molar-refractivity contribution in [1.82, 2.24) is 20.3 Å². The Kier molecular flexibility index (Phi) is 4.34. The minimum absolute atomic E-state index is 0.284. The van der Waals surface area contributed by atoms with Crippen LogP contribution in [0.3, 0.4) is 0 Å². The molecule has 0 radical (unpaired) electrons. The molecule has 0 atom stereocenters. The molecule has 0 unspecified atom stereocenters. The fourth-order valence-corrected chi connectivity index (χ4v) is 2.81. The summed E-state index contributed by atoms with van der Waals surface area (Å²) < 4.78 is 0. The molecule has 5 nitrogen and oxygen atoms in total. The van der Waals surface area contributed by atoms with Gasteiger partial charge in [-0.1, -0.05) is 18.7 Å². The molecule has 3 aromatic rings. The molecule has 0 aliphatic heterocycles. The molecule has 0 amide bonds. The molecular weight excluding hydrogens is 306 g/mol. The van der Waals surface area contributed by atoms with Gasteiger partial charge < -0.3 is 11.1 Å². The topological polar surface area (TPSA) is 76.7 Å². The van der Waals surface area contributed by atoms with Gasteiger partial charge in [0.05, 0.1) is 16.1 Å². The fourth-order valence-electron chi connectivity index (χ4n) is 2.24. The molecule has 0 saturated carbocycles. The number of anilines is 1. The van der Waals surface area contributed by atoms with Gasteiger partial charge >= 0.3 is 0 Å². The monoisotopic (exact) mass is 323 g/mol. The number of nitrogens with two attached hydrogens (primary N) is 1. The largest absolute Gasteiger partial charge is 0.380 e. The maximum atomic E-state index is 5.65. The van der Waals surface area contributed by atoms with E-state index < -0.39 is 0 Å². The van der Waals surface area contributed by atoms with Crippen LogP contribution in [0.4, 0.5) is 5.95 Å². The van der Waals surface area contributed by atoms with E-state index >= 15 is 0 Å². The SMILES string of the molecule is C=C(NCc1ccc(-c2ccnc(N)n2)cc1C)c1cncs1. The predicted molar refractivity (Wildman–Crippen MR) is 94.6 cm³/mol. The number of hydrogen-bond acceptors (Lipinski definition) is 6. The van der Waals surface area contributed by atoms with E-state index in [1.54, 1.807) is 23.0 Å². The second-order valence-corrected chi connectivity index (χ2v) is 6.03. The van der Waals surface area contributed by atoms with Gasteiger partial charge in [0.1, 0.15) is 0 Å². The number of nitrogens with one attached hydrogen (secondary N) is 1. The van der Waals surface area contributed by atoms with Gasteiger partial charge in [0.2, 0.25) is 5.95 Å². The molecule has 0 bridgehead atoms. The lowest BCUT2D eigenvalue weighted by molar-refractivity contribution is 0.885. The second-order valence-electron chi connectivity index (χ2n) is 5.14. The smallest absolute Gasteiger partial charge is 0.220 e. The number of nitrogen functional groups attached to an aromatic ring is 1. The molecule has 2 heterocycles. The lowest BCUT2D eigenvalue weighted by Crippen LogP contribution is -2.11. The van der Waals surface area contributed by atoms with Gasteiger partial charge in [-0.25, -0.2) is 9.97 Å². The third-order valence-electron chi connectivity index (χ3n) is 3.53. The molecule has 116 valence electrons. The van der Waals surface area contributed by atoms with E-state index in [1.165, 1.54) is 11.1 Å². The molecule has 3 N–H and O–H groups in total. The van der Waals surface area contributed by atoms with Crippen LogP contribution in [-0.4, -0.2) is 15.0 Å². The van der Waals surface area contributed by atoms with E-state index in [9.17, 15) is 0 Å². The number of aryl methyl sites for hydroxylation is 1. The fraction of sp³-hybridized carbons (Fsp3) is 0.118. The molecule has 23 heavy (non-hydrogen) atoms. The van der Waals surface area contributed by atoms with E-state index in [0.717, 1.165) is 28.4 Å². The van der Waals surface area contributed by atoms with Gasteiger partial charge in [0.25, 0.3) is 0 Å². The highest BCUT2D eigenvalue weighted by Gasteiger charge is 2.06. The number of hydrogen-bond donors (Lipinski definition) is 2. The van der Waals surface area contributed by atoms with E-state index in [1.807, 2.05) is 18.3 Å². The van der Waals surface area contributed by atoms with Gasteiger partial charge in [0.15, 0.2) is 0 Å². The summed E-state index contributed by atoms with van der Waals surface area (Å²) in [5.74, 6) is 0.284. The van der Waals surface area contributed by atoms with Crippen LogP contribution in [0, 0.1) is 6.92 Å². The molecule has 0 aliphatic rings. The summed E-state index contributed by atoms with van der Waals surface area (Å²) in [5, 5.41) is 3.34. The quantitative estimate of drug-likeness (QED) is 0.753. The standard InChI is InChI=1S/C17H17N5S/c1-11-7-13(15-5-6-20-17(18)22-15)3-4-14(11)8-21-12(2)16-9-19-10-23-16/h3-7,9-10,21H,2,8H2,1H3,(H2,18,20,22). The van der Waals surface area contributed by atoms with Crippen molar-refractivity contribution in [2.75, 3.05) is 5.73 Å². The lowest BCUT2D eigenvalue weighted by atomic mass is 10.0. The molecule has 3 rings (SSSR count). The molecule has 1 aromatic carbocycles. The summed E-state index contributed by atoms with van der Waals surface area (Å²) in [4.78, 5) is 13.3. The van der Waals surface area contributed by atoms with Crippen molar-refractivity contribution >= 4 is 23.0 Å². The molecular formula is C17H17N5S. The van der Waals surface area contributed by atoms with E-state index in [4.69, 9.17) is 5.73 Å². The minimum Gasteiger partial charge on any atom is -0.380 e. The first-order chi connectivity index (χ1) is 11.1. The van der Waals surface area contributed by atoms with Crippen LogP contribution >= 0.6 is 11.3 Å². The number of nitrogens with zero attached hydrogens (tertiary/aromatic N) is 3. The Morgan fingerprint density at radius 3 is 2.91 bits per heavy atom.